The molecule has 37 heavy (non-hydrogen) atoms. The summed E-state index contributed by atoms with van der Waals surface area (Å²) in [6.07, 6.45) is 10.9. The fourth-order valence-electron chi connectivity index (χ4n) is 4.48. The highest BCUT2D eigenvalue weighted by Crippen LogP contribution is 2.46. The van der Waals surface area contributed by atoms with Crippen LogP contribution >= 0.6 is 0 Å². The van der Waals surface area contributed by atoms with Crippen LogP contribution in [0.2, 0.25) is 0 Å². The summed E-state index contributed by atoms with van der Waals surface area (Å²) in [6.45, 7) is 2.23. The van der Waals surface area contributed by atoms with E-state index in [1.54, 1.807) is 22.7 Å². The van der Waals surface area contributed by atoms with E-state index in [0.717, 1.165) is 24.1 Å². The smallest absolute Gasteiger partial charge is 0.229 e. The van der Waals surface area contributed by atoms with Crippen LogP contribution in [0.4, 0.5) is 11.6 Å². The standard InChI is InChI=1S/C25H26N8O3S/c1-14-5-6-26-23(30-14)18-8-19(18)25(34)32-22-9-21(28-13-29-22)27-10-17-12-33-11-16(15-3-4-15)7-20(24(33)31-17)37(2,35)36/h5-7,9,11-13,15,18-19H,3-4,8,10H2,1-2H3,(H2,27,28,29,32,34)/t18-,19-/m1/s1. The third kappa shape index (κ3) is 5.01. The number of hydrogen-bond donors (Lipinski definition) is 2. The van der Waals surface area contributed by atoms with Gasteiger partial charge >= 0.3 is 0 Å². The SMILES string of the molecule is Cc1ccnc([C@@H]2C[C@H]2C(=O)Nc2cc(NCc3cn4cc(C5CC5)cc(S(C)(=O)=O)c4n3)ncn2)n1. The molecule has 4 heterocycles. The lowest BCUT2D eigenvalue weighted by Gasteiger charge is -2.07. The van der Waals surface area contributed by atoms with E-state index in [4.69, 9.17) is 0 Å². The van der Waals surface area contributed by atoms with E-state index in [1.165, 1.54) is 12.6 Å². The maximum Gasteiger partial charge on any atom is 0.229 e. The van der Waals surface area contributed by atoms with Gasteiger partial charge in [0.15, 0.2) is 15.5 Å². The molecular formula is C25H26N8O3S. The Hall–Kier alpha value is -3.93. The van der Waals surface area contributed by atoms with Crippen molar-refractivity contribution in [3.63, 3.8) is 0 Å². The Kier molecular flexibility index (Phi) is 5.63. The maximum absolute atomic E-state index is 12.7. The monoisotopic (exact) mass is 518 g/mol. The molecule has 4 aromatic heterocycles. The second-order valence-electron chi connectivity index (χ2n) is 9.78. The quantitative estimate of drug-likeness (QED) is 0.360. The van der Waals surface area contributed by atoms with Gasteiger partial charge in [0.25, 0.3) is 0 Å². The molecule has 190 valence electrons. The first-order valence-electron chi connectivity index (χ1n) is 12.1. The van der Waals surface area contributed by atoms with Crippen molar-refractivity contribution in [1.82, 2.24) is 29.3 Å². The minimum absolute atomic E-state index is 0.0200. The van der Waals surface area contributed by atoms with Crippen molar-refractivity contribution in [3.05, 3.63) is 65.9 Å². The molecule has 0 spiro atoms. The number of amides is 1. The first-order valence-corrected chi connectivity index (χ1v) is 14.0. The van der Waals surface area contributed by atoms with Gasteiger partial charge in [-0.1, -0.05) is 0 Å². The molecular weight excluding hydrogens is 492 g/mol. The number of aromatic nitrogens is 6. The molecule has 0 aromatic carbocycles. The molecule has 0 saturated heterocycles. The van der Waals surface area contributed by atoms with Gasteiger partial charge in [0.1, 0.15) is 28.7 Å². The number of aryl methyl sites for hydroxylation is 1. The third-order valence-electron chi connectivity index (χ3n) is 6.68. The predicted octanol–water partition coefficient (Wildman–Crippen LogP) is 2.86. The Balaban J connectivity index is 1.13. The zero-order chi connectivity index (χ0) is 25.7. The molecule has 12 heteroatoms. The number of imidazole rings is 1. The highest BCUT2D eigenvalue weighted by atomic mass is 32.2. The van der Waals surface area contributed by atoms with Gasteiger partial charge in [-0.2, -0.15) is 0 Å². The molecule has 2 N–H and O–H groups in total. The van der Waals surface area contributed by atoms with E-state index in [0.29, 0.717) is 47.7 Å². The second kappa shape index (κ2) is 8.87. The zero-order valence-corrected chi connectivity index (χ0v) is 21.2. The molecule has 1 amide bonds. The first-order chi connectivity index (χ1) is 17.7. The Morgan fingerprint density at radius 1 is 1.11 bits per heavy atom. The summed E-state index contributed by atoms with van der Waals surface area (Å²) in [4.78, 5) is 34.6. The summed E-state index contributed by atoms with van der Waals surface area (Å²) in [5.41, 5.74) is 2.98. The van der Waals surface area contributed by atoms with Crippen LogP contribution in [0.5, 0.6) is 0 Å². The molecule has 2 atom stereocenters. The van der Waals surface area contributed by atoms with Gasteiger partial charge in [-0.25, -0.2) is 33.3 Å². The number of sulfone groups is 1. The van der Waals surface area contributed by atoms with E-state index in [9.17, 15) is 13.2 Å². The summed E-state index contributed by atoms with van der Waals surface area (Å²) in [6, 6.07) is 5.24. The van der Waals surface area contributed by atoms with Crippen molar-refractivity contribution >= 4 is 33.0 Å². The lowest BCUT2D eigenvalue weighted by molar-refractivity contribution is -0.117. The van der Waals surface area contributed by atoms with Crippen LogP contribution in [-0.4, -0.2) is 49.9 Å². The van der Waals surface area contributed by atoms with Crippen molar-refractivity contribution in [3.8, 4) is 0 Å². The zero-order valence-electron chi connectivity index (χ0n) is 20.4. The molecule has 0 bridgehead atoms. The number of nitrogens with zero attached hydrogens (tertiary/aromatic N) is 6. The van der Waals surface area contributed by atoms with Crippen molar-refractivity contribution in [2.45, 2.75) is 49.5 Å². The number of nitrogens with one attached hydrogen (secondary N) is 2. The maximum atomic E-state index is 12.7. The molecule has 0 unspecified atom stereocenters. The minimum atomic E-state index is -3.43. The van der Waals surface area contributed by atoms with E-state index < -0.39 is 9.84 Å². The molecule has 2 fully saturated rings. The largest absolute Gasteiger partial charge is 0.364 e. The molecule has 11 nitrogen and oxygen atoms in total. The predicted molar refractivity (Wildman–Crippen MR) is 136 cm³/mol. The lowest BCUT2D eigenvalue weighted by atomic mass is 10.2. The van der Waals surface area contributed by atoms with Crippen molar-refractivity contribution in [2.24, 2.45) is 5.92 Å². The number of pyridine rings is 1. The van der Waals surface area contributed by atoms with E-state index >= 15 is 0 Å². The number of fused-ring (bicyclic) bond motifs is 1. The molecule has 2 saturated carbocycles. The van der Waals surface area contributed by atoms with Crippen LogP contribution in [-0.2, 0) is 21.2 Å². The highest BCUT2D eigenvalue weighted by Gasteiger charge is 2.46. The number of carbonyl (C=O) groups is 1. The van der Waals surface area contributed by atoms with E-state index in [1.807, 2.05) is 25.4 Å². The van der Waals surface area contributed by atoms with Crippen LogP contribution in [0.25, 0.3) is 5.65 Å². The van der Waals surface area contributed by atoms with Gasteiger partial charge in [-0.15, -0.1) is 0 Å². The van der Waals surface area contributed by atoms with Crippen LogP contribution in [0.15, 0.2) is 48.0 Å². The van der Waals surface area contributed by atoms with Gasteiger partial charge in [0.2, 0.25) is 5.91 Å². The average molecular weight is 519 g/mol. The molecule has 0 aliphatic heterocycles. The Morgan fingerprint density at radius 2 is 1.92 bits per heavy atom. The molecule has 0 radical (unpaired) electrons. The first kappa shape index (κ1) is 23.5. The van der Waals surface area contributed by atoms with Crippen molar-refractivity contribution in [1.29, 1.82) is 0 Å². The molecule has 4 aromatic rings. The van der Waals surface area contributed by atoms with Gasteiger partial charge in [0, 0.05) is 48.4 Å². The van der Waals surface area contributed by atoms with Crippen molar-refractivity contribution in [2.75, 3.05) is 16.9 Å². The van der Waals surface area contributed by atoms with Gasteiger partial charge in [-0.3, -0.25) is 4.79 Å². The van der Waals surface area contributed by atoms with E-state index in [-0.39, 0.29) is 22.6 Å². The topological polar surface area (TPSA) is 144 Å². The Labute approximate surface area is 213 Å². The molecule has 2 aliphatic carbocycles. The number of anilines is 2. The Morgan fingerprint density at radius 3 is 2.68 bits per heavy atom. The summed E-state index contributed by atoms with van der Waals surface area (Å²) >= 11 is 0. The van der Waals surface area contributed by atoms with Crippen LogP contribution in [0.3, 0.4) is 0 Å². The van der Waals surface area contributed by atoms with Gasteiger partial charge in [0.05, 0.1) is 12.2 Å². The number of hydrogen-bond acceptors (Lipinski definition) is 9. The minimum Gasteiger partial charge on any atom is -0.364 e. The molecule has 2 aliphatic rings. The van der Waals surface area contributed by atoms with Gasteiger partial charge in [-0.05, 0) is 49.8 Å². The summed E-state index contributed by atoms with van der Waals surface area (Å²) in [5, 5.41) is 6.03. The fourth-order valence-corrected chi connectivity index (χ4v) is 5.31. The summed E-state index contributed by atoms with van der Waals surface area (Å²) < 4.78 is 26.6. The van der Waals surface area contributed by atoms with E-state index in [2.05, 4.69) is 35.6 Å². The number of carbonyl (C=O) groups excluding carboxylic acids is 1. The lowest BCUT2D eigenvalue weighted by Crippen LogP contribution is -2.16. The van der Waals surface area contributed by atoms with Crippen molar-refractivity contribution < 1.29 is 13.2 Å². The summed E-state index contributed by atoms with van der Waals surface area (Å²) in [5.74, 6) is 1.72. The normalized spacial score (nSPS) is 19.1. The van der Waals surface area contributed by atoms with Crippen LogP contribution < -0.4 is 10.6 Å². The van der Waals surface area contributed by atoms with Gasteiger partial charge < -0.3 is 15.0 Å². The third-order valence-corrected chi connectivity index (χ3v) is 7.78. The summed E-state index contributed by atoms with van der Waals surface area (Å²) in [7, 11) is -3.43. The number of rotatable bonds is 8. The van der Waals surface area contributed by atoms with Crippen LogP contribution in [0.1, 0.15) is 53.9 Å². The average Bonchev–Trinajstić information content (AvgIpc) is 3.78. The second-order valence-corrected chi connectivity index (χ2v) is 11.8. The fraction of sp³-hybridized carbons (Fsp3) is 0.360. The Bertz CT molecular complexity index is 1630. The molecule has 6 rings (SSSR count). The highest BCUT2D eigenvalue weighted by molar-refractivity contribution is 7.91. The van der Waals surface area contributed by atoms with Crippen LogP contribution in [0, 0.1) is 12.8 Å².